The molecule has 1 aliphatic rings. The summed E-state index contributed by atoms with van der Waals surface area (Å²) in [6.07, 6.45) is 0.455. The van der Waals surface area contributed by atoms with Crippen LogP contribution in [0.5, 0.6) is 0 Å². The third-order valence-corrected chi connectivity index (χ3v) is 7.59. The van der Waals surface area contributed by atoms with Crippen LogP contribution in [0.25, 0.3) is 0 Å². The number of carbonyl (C=O) groups excluding carboxylic acids is 1. The van der Waals surface area contributed by atoms with E-state index < -0.39 is 15.4 Å². The molecule has 1 fully saturated rings. The Kier molecular flexibility index (Phi) is 5.65. The van der Waals surface area contributed by atoms with Crippen molar-refractivity contribution < 1.29 is 13.2 Å². The van der Waals surface area contributed by atoms with Gasteiger partial charge in [-0.1, -0.05) is 23.7 Å². The number of benzene rings is 2. The number of hydrogen-bond acceptors (Lipinski definition) is 4. The maximum Gasteiger partial charge on any atom is 0.251 e. The molecule has 1 amide bonds. The van der Waals surface area contributed by atoms with E-state index >= 15 is 0 Å². The monoisotopic (exact) mass is 409 g/mol. The zero-order valence-corrected chi connectivity index (χ0v) is 16.8. The van der Waals surface area contributed by atoms with Crippen molar-refractivity contribution in [2.75, 3.05) is 11.5 Å². The fraction of sp³-hybridized carbons (Fsp3) is 0.316. The molecule has 1 N–H and O–H groups in total. The van der Waals surface area contributed by atoms with Crippen LogP contribution in [-0.4, -0.2) is 31.4 Å². The minimum Gasteiger partial charge on any atom is -0.346 e. The van der Waals surface area contributed by atoms with Crippen molar-refractivity contribution in [1.29, 1.82) is 0 Å². The third kappa shape index (κ3) is 5.02. The number of nitrogens with one attached hydrogen (secondary N) is 1. The van der Waals surface area contributed by atoms with E-state index in [0.29, 0.717) is 17.0 Å². The van der Waals surface area contributed by atoms with Crippen LogP contribution in [0.3, 0.4) is 0 Å². The summed E-state index contributed by atoms with van der Waals surface area (Å²) in [5, 5.41) is 3.59. The maximum absolute atomic E-state index is 12.4. The number of carbonyl (C=O) groups is 1. The first-order chi connectivity index (χ1) is 12.2. The summed E-state index contributed by atoms with van der Waals surface area (Å²) in [6, 6.07) is 15.1. The zero-order valence-electron chi connectivity index (χ0n) is 14.4. The summed E-state index contributed by atoms with van der Waals surface area (Å²) in [4.78, 5) is 13.5. The van der Waals surface area contributed by atoms with E-state index in [0.717, 1.165) is 16.2 Å². The van der Waals surface area contributed by atoms with Crippen molar-refractivity contribution in [3.05, 3.63) is 64.7 Å². The van der Waals surface area contributed by atoms with Crippen LogP contribution in [0.4, 0.5) is 0 Å². The summed E-state index contributed by atoms with van der Waals surface area (Å²) >= 11 is 7.58. The first-order valence-electron chi connectivity index (χ1n) is 8.25. The van der Waals surface area contributed by atoms with Crippen molar-refractivity contribution >= 4 is 39.1 Å². The predicted octanol–water partition coefficient (Wildman–Crippen LogP) is 3.94. The molecule has 1 heterocycles. The van der Waals surface area contributed by atoms with E-state index in [1.165, 1.54) is 0 Å². The van der Waals surface area contributed by atoms with E-state index in [-0.39, 0.29) is 17.4 Å². The Hall–Kier alpha value is -1.50. The van der Waals surface area contributed by atoms with Gasteiger partial charge < -0.3 is 5.32 Å². The first kappa shape index (κ1) is 19.3. The Morgan fingerprint density at radius 3 is 2.38 bits per heavy atom. The highest BCUT2D eigenvalue weighted by Crippen LogP contribution is 2.25. The van der Waals surface area contributed by atoms with E-state index in [2.05, 4.69) is 5.32 Å². The molecular formula is C19H20ClNO3S2. The average molecular weight is 410 g/mol. The topological polar surface area (TPSA) is 63.2 Å². The number of halogens is 1. The Morgan fingerprint density at radius 1 is 1.15 bits per heavy atom. The summed E-state index contributed by atoms with van der Waals surface area (Å²) in [6.45, 7) is 1.78. The second kappa shape index (κ2) is 7.62. The molecule has 0 spiro atoms. The molecule has 1 aliphatic heterocycles. The molecule has 1 saturated heterocycles. The molecule has 138 valence electrons. The van der Waals surface area contributed by atoms with Gasteiger partial charge in [0, 0.05) is 21.2 Å². The number of sulfone groups is 1. The van der Waals surface area contributed by atoms with Gasteiger partial charge in [0.1, 0.15) is 0 Å². The Labute approximate surface area is 163 Å². The molecule has 2 aromatic rings. The first-order valence-corrected chi connectivity index (χ1v) is 11.4. The van der Waals surface area contributed by atoms with Gasteiger partial charge in [-0.2, -0.15) is 0 Å². The number of rotatable bonds is 5. The summed E-state index contributed by atoms with van der Waals surface area (Å²) < 4.78 is 23.3. The lowest BCUT2D eigenvalue weighted by molar-refractivity contribution is 0.0915. The third-order valence-electron chi connectivity index (χ3n) is 4.35. The molecule has 0 saturated carbocycles. The zero-order chi connectivity index (χ0) is 18.8. The molecule has 0 unspecified atom stereocenters. The van der Waals surface area contributed by atoms with Gasteiger partial charge in [0.25, 0.3) is 5.91 Å². The molecule has 3 rings (SSSR count). The lowest BCUT2D eigenvalue weighted by Gasteiger charge is -2.23. The van der Waals surface area contributed by atoms with Gasteiger partial charge in [-0.25, -0.2) is 8.42 Å². The van der Waals surface area contributed by atoms with Crippen molar-refractivity contribution in [2.24, 2.45) is 0 Å². The van der Waals surface area contributed by atoms with Crippen LogP contribution in [-0.2, 0) is 15.6 Å². The highest BCUT2D eigenvalue weighted by molar-refractivity contribution is 7.98. The molecule has 26 heavy (non-hydrogen) atoms. The van der Waals surface area contributed by atoms with Crippen molar-refractivity contribution in [3.63, 3.8) is 0 Å². The van der Waals surface area contributed by atoms with Crippen LogP contribution < -0.4 is 5.32 Å². The molecule has 0 aromatic heterocycles. The quantitative estimate of drug-likeness (QED) is 0.759. The van der Waals surface area contributed by atoms with Crippen LogP contribution in [0.15, 0.2) is 53.4 Å². The van der Waals surface area contributed by atoms with Gasteiger partial charge in [0.2, 0.25) is 0 Å². The molecule has 0 radical (unpaired) electrons. The van der Waals surface area contributed by atoms with Crippen molar-refractivity contribution in [2.45, 2.75) is 29.5 Å². The molecule has 7 heteroatoms. The van der Waals surface area contributed by atoms with Gasteiger partial charge in [-0.05, 0) is 55.3 Å². The lowest BCUT2D eigenvalue weighted by atomic mass is 10.0. The Balaban J connectivity index is 1.58. The summed E-state index contributed by atoms with van der Waals surface area (Å²) in [7, 11) is -3.05. The summed E-state index contributed by atoms with van der Waals surface area (Å²) in [5.41, 5.74) is 0.964. The largest absolute Gasteiger partial charge is 0.346 e. The van der Waals surface area contributed by atoms with Gasteiger partial charge in [-0.15, -0.1) is 11.8 Å². The highest BCUT2D eigenvalue weighted by atomic mass is 35.5. The van der Waals surface area contributed by atoms with Gasteiger partial charge in [0.05, 0.1) is 17.0 Å². The number of amides is 1. The van der Waals surface area contributed by atoms with Crippen molar-refractivity contribution in [3.8, 4) is 0 Å². The highest BCUT2D eigenvalue weighted by Gasteiger charge is 2.39. The van der Waals surface area contributed by atoms with Crippen molar-refractivity contribution in [1.82, 2.24) is 5.32 Å². The van der Waals surface area contributed by atoms with E-state index in [1.807, 2.05) is 36.4 Å². The van der Waals surface area contributed by atoms with E-state index in [4.69, 9.17) is 11.6 Å². The van der Waals surface area contributed by atoms with Gasteiger partial charge >= 0.3 is 0 Å². The number of thioether (sulfide) groups is 1. The molecular weight excluding hydrogens is 390 g/mol. The molecule has 2 aromatic carbocycles. The fourth-order valence-electron chi connectivity index (χ4n) is 2.91. The normalized spacial score (nSPS) is 21.5. The van der Waals surface area contributed by atoms with Gasteiger partial charge in [-0.3, -0.25) is 4.79 Å². The Bertz CT molecular complexity index is 895. The Morgan fingerprint density at radius 2 is 1.81 bits per heavy atom. The van der Waals surface area contributed by atoms with Crippen LogP contribution in [0, 0.1) is 0 Å². The average Bonchev–Trinajstić information content (AvgIpc) is 2.87. The molecule has 4 nitrogen and oxygen atoms in total. The minimum absolute atomic E-state index is 0.00154. The smallest absolute Gasteiger partial charge is 0.251 e. The van der Waals surface area contributed by atoms with E-state index in [1.54, 1.807) is 30.8 Å². The predicted molar refractivity (Wildman–Crippen MR) is 107 cm³/mol. The molecule has 0 bridgehead atoms. The standard InChI is InChI=1S/C19H20ClNO3S2/c1-19(10-11-26(23,24)13-19)21-18(22)15-4-2-14(3-5-15)12-25-17-8-6-16(20)7-9-17/h2-9H,10-13H2,1H3,(H,21,22)/t19-/m1/s1. The second-order valence-electron chi connectivity index (χ2n) is 6.80. The maximum atomic E-state index is 12.4. The molecule has 1 atom stereocenters. The summed E-state index contributed by atoms with van der Waals surface area (Å²) in [5.74, 6) is 0.688. The van der Waals surface area contributed by atoms with E-state index in [9.17, 15) is 13.2 Å². The lowest BCUT2D eigenvalue weighted by Crippen LogP contribution is -2.46. The minimum atomic E-state index is -3.05. The SMILES string of the molecule is C[C@@]1(NC(=O)c2ccc(CSc3ccc(Cl)cc3)cc2)CCS(=O)(=O)C1. The number of hydrogen-bond donors (Lipinski definition) is 1. The molecule has 0 aliphatic carbocycles. The van der Waals surface area contributed by atoms with Crippen LogP contribution in [0.2, 0.25) is 5.02 Å². The fourth-order valence-corrected chi connectivity index (χ4v) is 5.98. The second-order valence-corrected chi connectivity index (χ2v) is 10.5. The van der Waals surface area contributed by atoms with Gasteiger partial charge in [0.15, 0.2) is 9.84 Å². The van der Waals surface area contributed by atoms with Crippen LogP contribution in [0.1, 0.15) is 29.3 Å². The van der Waals surface area contributed by atoms with Crippen LogP contribution >= 0.6 is 23.4 Å².